The Bertz CT molecular complexity index is 1130. The molecular weight excluding hydrogens is 464 g/mol. The Kier molecular flexibility index (Phi) is 9.66. The fraction of sp³-hybridized carbons (Fsp3) is 0.276. The number of carbonyl (C=O) groups is 2. The standard InChI is InChI=1S/C29H36N6O2/c1-34(2)24-17-15-21(16-18-24)20-35(25(27(30)36)14-9-19-33-29(31)32)28(37)26(22-10-5-3-6-11-22)23-12-7-4-8-13-23/h3-8,10-13,15-18,25-26H,9,14,19-20H2,1-2H3,(H2,30,36)(H4,31,32,33)/t25-/m0/s1. The summed E-state index contributed by atoms with van der Waals surface area (Å²) in [7, 11) is 3.93. The van der Waals surface area contributed by atoms with E-state index in [1.54, 1.807) is 4.90 Å². The number of hydrogen-bond acceptors (Lipinski definition) is 4. The van der Waals surface area contributed by atoms with Gasteiger partial charge in [0.2, 0.25) is 11.8 Å². The van der Waals surface area contributed by atoms with Gasteiger partial charge in [-0.3, -0.25) is 15.0 Å². The van der Waals surface area contributed by atoms with Gasteiger partial charge in [0.05, 0.1) is 5.92 Å². The summed E-state index contributed by atoms with van der Waals surface area (Å²) >= 11 is 0. The second-order valence-electron chi connectivity index (χ2n) is 9.18. The largest absolute Gasteiger partial charge is 0.378 e. The van der Waals surface area contributed by atoms with Gasteiger partial charge >= 0.3 is 0 Å². The minimum atomic E-state index is -0.829. The molecule has 3 aromatic rings. The second kappa shape index (κ2) is 13.1. The van der Waals surface area contributed by atoms with E-state index < -0.39 is 17.9 Å². The summed E-state index contributed by atoms with van der Waals surface area (Å²) in [6.07, 6.45) is 0.852. The molecule has 0 aliphatic rings. The molecule has 194 valence electrons. The Labute approximate surface area is 218 Å². The first-order chi connectivity index (χ1) is 17.8. The van der Waals surface area contributed by atoms with Crippen molar-refractivity contribution in [2.45, 2.75) is 31.3 Å². The zero-order valence-electron chi connectivity index (χ0n) is 21.4. The van der Waals surface area contributed by atoms with Crippen LogP contribution in [0.1, 0.15) is 35.4 Å². The van der Waals surface area contributed by atoms with Crippen LogP contribution in [0.2, 0.25) is 0 Å². The number of nitrogens with one attached hydrogen (secondary N) is 2. The lowest BCUT2D eigenvalue weighted by atomic mass is 9.89. The molecule has 0 unspecified atom stereocenters. The zero-order valence-corrected chi connectivity index (χ0v) is 21.4. The molecule has 0 aliphatic carbocycles. The van der Waals surface area contributed by atoms with E-state index in [-0.39, 0.29) is 18.4 Å². The number of guanidine groups is 1. The average Bonchev–Trinajstić information content (AvgIpc) is 2.89. The maximum Gasteiger partial charge on any atom is 0.240 e. The van der Waals surface area contributed by atoms with Crippen LogP contribution in [-0.4, -0.2) is 49.4 Å². The molecule has 0 radical (unpaired) electrons. The lowest BCUT2D eigenvalue weighted by Gasteiger charge is -2.33. The summed E-state index contributed by atoms with van der Waals surface area (Å²) in [4.78, 5) is 30.7. The Morgan fingerprint density at radius 1 is 0.865 bits per heavy atom. The van der Waals surface area contributed by atoms with Gasteiger partial charge in [-0.1, -0.05) is 72.8 Å². The van der Waals surface area contributed by atoms with E-state index in [0.29, 0.717) is 19.4 Å². The second-order valence-corrected chi connectivity index (χ2v) is 9.18. The molecule has 3 rings (SSSR count). The first-order valence-electron chi connectivity index (χ1n) is 12.3. The van der Waals surface area contributed by atoms with Crippen molar-refractivity contribution in [2.75, 3.05) is 25.5 Å². The van der Waals surface area contributed by atoms with E-state index in [1.165, 1.54) is 0 Å². The molecule has 0 saturated carbocycles. The van der Waals surface area contributed by atoms with E-state index in [9.17, 15) is 9.59 Å². The van der Waals surface area contributed by atoms with Gasteiger partial charge in [-0.05, 0) is 41.7 Å². The average molecular weight is 501 g/mol. The van der Waals surface area contributed by atoms with Crippen molar-refractivity contribution in [3.63, 3.8) is 0 Å². The number of hydrogen-bond donors (Lipinski definition) is 4. The van der Waals surface area contributed by atoms with Gasteiger partial charge < -0.3 is 26.6 Å². The number of nitrogens with zero attached hydrogens (tertiary/aromatic N) is 2. The smallest absolute Gasteiger partial charge is 0.240 e. The van der Waals surface area contributed by atoms with Gasteiger partial charge in [-0.25, -0.2) is 0 Å². The summed E-state index contributed by atoms with van der Waals surface area (Å²) in [6.45, 7) is 0.635. The molecule has 0 spiro atoms. The third kappa shape index (κ3) is 7.57. The normalized spacial score (nSPS) is 11.5. The molecule has 1 atom stereocenters. The van der Waals surface area contributed by atoms with Crippen molar-refractivity contribution >= 4 is 23.5 Å². The van der Waals surface area contributed by atoms with E-state index in [4.69, 9.17) is 16.9 Å². The maximum atomic E-state index is 14.4. The highest BCUT2D eigenvalue weighted by Gasteiger charge is 2.34. The van der Waals surface area contributed by atoms with Crippen LogP contribution < -0.4 is 21.7 Å². The summed E-state index contributed by atoms with van der Waals surface area (Å²) in [6, 6.07) is 26.2. The van der Waals surface area contributed by atoms with Gasteiger partial charge in [0, 0.05) is 32.9 Å². The molecule has 8 nitrogen and oxygen atoms in total. The molecule has 2 amide bonds. The van der Waals surface area contributed by atoms with Gasteiger partial charge in [0.25, 0.3) is 0 Å². The first kappa shape index (κ1) is 27.3. The number of amides is 2. The first-order valence-corrected chi connectivity index (χ1v) is 12.3. The fourth-order valence-electron chi connectivity index (χ4n) is 4.34. The number of anilines is 1. The Hall–Kier alpha value is -4.33. The van der Waals surface area contributed by atoms with Crippen LogP contribution in [0.3, 0.4) is 0 Å². The SMILES string of the molecule is CN(C)c1ccc(CN(C(=O)C(c2ccccc2)c2ccccc2)[C@@H](CCCNC(=N)N)C(N)=O)cc1. The van der Waals surface area contributed by atoms with Crippen LogP contribution in [0, 0.1) is 5.41 Å². The van der Waals surface area contributed by atoms with E-state index in [0.717, 1.165) is 22.4 Å². The van der Waals surface area contributed by atoms with E-state index in [2.05, 4.69) is 5.32 Å². The molecule has 37 heavy (non-hydrogen) atoms. The van der Waals surface area contributed by atoms with Crippen LogP contribution in [0.25, 0.3) is 0 Å². The minimum absolute atomic E-state index is 0.141. The Morgan fingerprint density at radius 2 is 1.41 bits per heavy atom. The molecule has 6 N–H and O–H groups in total. The van der Waals surface area contributed by atoms with Gasteiger partial charge in [-0.15, -0.1) is 0 Å². The van der Waals surface area contributed by atoms with Gasteiger partial charge in [-0.2, -0.15) is 0 Å². The van der Waals surface area contributed by atoms with Crippen molar-refractivity contribution in [3.05, 3.63) is 102 Å². The van der Waals surface area contributed by atoms with Crippen molar-refractivity contribution in [1.82, 2.24) is 10.2 Å². The minimum Gasteiger partial charge on any atom is -0.378 e. The maximum absolute atomic E-state index is 14.4. The number of benzene rings is 3. The number of nitrogens with two attached hydrogens (primary N) is 2. The number of primary amides is 1. The van der Waals surface area contributed by atoms with Crippen molar-refractivity contribution in [2.24, 2.45) is 11.5 Å². The number of rotatable bonds is 12. The predicted molar refractivity (Wildman–Crippen MR) is 148 cm³/mol. The fourth-order valence-corrected chi connectivity index (χ4v) is 4.34. The Balaban J connectivity index is 2.00. The zero-order chi connectivity index (χ0) is 26.8. The van der Waals surface area contributed by atoms with Crippen LogP contribution in [-0.2, 0) is 16.1 Å². The van der Waals surface area contributed by atoms with Crippen LogP contribution in [0.4, 0.5) is 5.69 Å². The lowest BCUT2D eigenvalue weighted by molar-refractivity contribution is -0.141. The van der Waals surface area contributed by atoms with E-state index >= 15 is 0 Å². The summed E-state index contributed by atoms with van der Waals surface area (Å²) < 4.78 is 0. The molecule has 0 bridgehead atoms. The predicted octanol–water partition coefficient (Wildman–Crippen LogP) is 3.03. The van der Waals surface area contributed by atoms with Crippen LogP contribution >= 0.6 is 0 Å². The summed E-state index contributed by atoms with van der Waals surface area (Å²) in [5, 5.41) is 10.1. The lowest BCUT2D eigenvalue weighted by Crippen LogP contribution is -2.49. The van der Waals surface area contributed by atoms with Crippen molar-refractivity contribution < 1.29 is 9.59 Å². The highest BCUT2D eigenvalue weighted by atomic mass is 16.2. The third-order valence-corrected chi connectivity index (χ3v) is 6.28. The Morgan fingerprint density at radius 3 is 1.86 bits per heavy atom. The van der Waals surface area contributed by atoms with Crippen molar-refractivity contribution in [1.29, 1.82) is 5.41 Å². The van der Waals surface area contributed by atoms with Crippen LogP contribution in [0.5, 0.6) is 0 Å². The summed E-state index contributed by atoms with van der Waals surface area (Å²) in [5.41, 5.74) is 14.9. The van der Waals surface area contributed by atoms with Crippen LogP contribution in [0.15, 0.2) is 84.9 Å². The van der Waals surface area contributed by atoms with Crippen molar-refractivity contribution in [3.8, 4) is 0 Å². The van der Waals surface area contributed by atoms with Gasteiger partial charge in [0.15, 0.2) is 5.96 Å². The quantitative estimate of drug-likeness (QED) is 0.173. The van der Waals surface area contributed by atoms with E-state index in [1.807, 2.05) is 104 Å². The third-order valence-electron chi connectivity index (χ3n) is 6.28. The summed E-state index contributed by atoms with van der Waals surface area (Å²) in [5.74, 6) is -1.50. The molecule has 8 heteroatoms. The molecule has 3 aromatic carbocycles. The topological polar surface area (TPSA) is 129 Å². The molecule has 0 aliphatic heterocycles. The molecule has 0 saturated heterocycles. The molecule has 0 fully saturated rings. The highest BCUT2D eigenvalue weighted by molar-refractivity contribution is 5.92. The monoisotopic (exact) mass is 500 g/mol. The molecular formula is C29H36N6O2. The number of carbonyl (C=O) groups excluding carboxylic acids is 2. The van der Waals surface area contributed by atoms with Gasteiger partial charge in [0.1, 0.15) is 6.04 Å². The molecule has 0 aromatic heterocycles. The molecule has 0 heterocycles. The highest BCUT2D eigenvalue weighted by Crippen LogP contribution is 2.29.